The van der Waals surface area contributed by atoms with Gasteiger partial charge in [0.1, 0.15) is 0 Å². The minimum Gasteiger partial charge on any atom is -0.493 e. The van der Waals surface area contributed by atoms with Crippen LogP contribution in [0.1, 0.15) is 0 Å². The molecule has 3 rings (SSSR count). The summed E-state index contributed by atoms with van der Waals surface area (Å²) >= 11 is 0. The molecule has 0 saturated heterocycles. The maximum Gasteiger partial charge on any atom is 0.171 e. The monoisotopic (exact) mass is 267 g/mol. The van der Waals surface area contributed by atoms with Crippen LogP contribution in [0, 0.1) is 0 Å². The molecule has 0 fully saturated rings. The van der Waals surface area contributed by atoms with Crippen LogP contribution in [0.2, 0.25) is 0 Å². The molecule has 2 N–H and O–H groups in total. The van der Waals surface area contributed by atoms with E-state index in [2.05, 4.69) is 10.2 Å². The van der Waals surface area contributed by atoms with Gasteiger partial charge in [-0.1, -0.05) is 12.1 Å². The molecule has 2 aromatic carbocycles. The summed E-state index contributed by atoms with van der Waals surface area (Å²) in [5.74, 6) is 1.77. The van der Waals surface area contributed by atoms with Gasteiger partial charge in [0, 0.05) is 17.1 Å². The average molecular weight is 267 g/mol. The van der Waals surface area contributed by atoms with Gasteiger partial charge in [0.25, 0.3) is 0 Å². The zero-order valence-electron chi connectivity index (χ0n) is 10.9. The Morgan fingerprint density at radius 3 is 2.70 bits per heavy atom. The Kier molecular flexibility index (Phi) is 3.09. The fourth-order valence-electron chi connectivity index (χ4n) is 1.96. The van der Waals surface area contributed by atoms with Crippen molar-refractivity contribution >= 4 is 16.6 Å². The summed E-state index contributed by atoms with van der Waals surface area (Å²) in [5.41, 5.74) is 7.16. The summed E-state index contributed by atoms with van der Waals surface area (Å²) in [6.07, 6.45) is 1.57. The molecule has 5 heteroatoms. The number of fused-ring (bicyclic) bond motifs is 1. The van der Waals surface area contributed by atoms with Crippen molar-refractivity contribution in [2.24, 2.45) is 0 Å². The van der Waals surface area contributed by atoms with Crippen LogP contribution in [0.5, 0.6) is 17.2 Å². The molecule has 0 aliphatic carbocycles. The van der Waals surface area contributed by atoms with Gasteiger partial charge < -0.3 is 15.2 Å². The number of benzene rings is 2. The maximum atomic E-state index is 5.89. The Bertz CT molecular complexity index is 754. The number of aromatic nitrogens is 2. The van der Waals surface area contributed by atoms with E-state index in [1.54, 1.807) is 31.5 Å². The van der Waals surface area contributed by atoms with Crippen LogP contribution in [0.4, 0.5) is 5.69 Å². The Labute approximate surface area is 116 Å². The summed E-state index contributed by atoms with van der Waals surface area (Å²) in [7, 11) is 1.58. The second kappa shape index (κ2) is 5.05. The molecule has 0 aliphatic rings. The van der Waals surface area contributed by atoms with Crippen LogP contribution in [0.25, 0.3) is 10.9 Å². The third-order valence-electron chi connectivity index (χ3n) is 2.92. The van der Waals surface area contributed by atoms with E-state index in [0.29, 0.717) is 22.9 Å². The van der Waals surface area contributed by atoms with Crippen molar-refractivity contribution < 1.29 is 9.47 Å². The lowest BCUT2D eigenvalue weighted by Crippen LogP contribution is -1.94. The van der Waals surface area contributed by atoms with Crippen LogP contribution < -0.4 is 15.2 Å². The van der Waals surface area contributed by atoms with Crippen LogP contribution in [0.3, 0.4) is 0 Å². The quantitative estimate of drug-likeness (QED) is 0.739. The summed E-state index contributed by atoms with van der Waals surface area (Å²) in [6, 6.07) is 12.9. The van der Waals surface area contributed by atoms with E-state index < -0.39 is 0 Å². The first-order chi connectivity index (χ1) is 9.78. The molecule has 5 nitrogen and oxygen atoms in total. The number of nitrogens with two attached hydrogens (primary N) is 1. The van der Waals surface area contributed by atoms with Gasteiger partial charge in [-0.2, -0.15) is 10.2 Å². The molecule has 0 unspecified atom stereocenters. The summed E-state index contributed by atoms with van der Waals surface area (Å²) < 4.78 is 11.2. The smallest absolute Gasteiger partial charge is 0.171 e. The highest BCUT2D eigenvalue weighted by Gasteiger charge is 2.09. The topological polar surface area (TPSA) is 70.3 Å². The van der Waals surface area contributed by atoms with E-state index in [4.69, 9.17) is 15.2 Å². The summed E-state index contributed by atoms with van der Waals surface area (Å²) in [6.45, 7) is 0. The summed E-state index contributed by atoms with van der Waals surface area (Å²) in [5, 5.41) is 8.88. The lowest BCUT2D eigenvalue weighted by molar-refractivity contribution is 0.379. The zero-order valence-corrected chi connectivity index (χ0v) is 10.9. The molecule has 0 aliphatic heterocycles. The van der Waals surface area contributed by atoms with Crippen LogP contribution in [0.15, 0.2) is 48.7 Å². The van der Waals surface area contributed by atoms with E-state index in [1.165, 1.54) is 0 Å². The molecular formula is C15H13N3O2. The van der Waals surface area contributed by atoms with E-state index >= 15 is 0 Å². The van der Waals surface area contributed by atoms with Gasteiger partial charge >= 0.3 is 0 Å². The van der Waals surface area contributed by atoms with Crippen molar-refractivity contribution in [3.63, 3.8) is 0 Å². The van der Waals surface area contributed by atoms with Crippen molar-refractivity contribution in [2.45, 2.75) is 0 Å². The van der Waals surface area contributed by atoms with Crippen molar-refractivity contribution in [3.05, 3.63) is 48.7 Å². The highest BCUT2D eigenvalue weighted by Crippen LogP contribution is 2.35. The van der Waals surface area contributed by atoms with E-state index in [9.17, 15) is 0 Å². The fourth-order valence-corrected chi connectivity index (χ4v) is 1.96. The first kappa shape index (κ1) is 12.2. The number of methoxy groups -OCH3 is 1. The molecule has 0 amide bonds. The highest BCUT2D eigenvalue weighted by atomic mass is 16.5. The molecule has 0 saturated carbocycles. The standard InChI is InChI=1S/C15H13N3O2/c1-19-13-7-6-10(16)8-14(13)20-15-9-17-18-12-5-3-2-4-11(12)15/h2-9H,16H2,1H3. The van der Waals surface area contributed by atoms with E-state index in [0.717, 1.165) is 10.9 Å². The van der Waals surface area contributed by atoms with Gasteiger partial charge in [0.15, 0.2) is 17.2 Å². The maximum absolute atomic E-state index is 5.89. The molecule has 0 atom stereocenters. The number of hydrogen-bond acceptors (Lipinski definition) is 5. The van der Waals surface area contributed by atoms with Crippen molar-refractivity contribution in [2.75, 3.05) is 12.8 Å². The average Bonchev–Trinajstić information content (AvgIpc) is 2.48. The number of anilines is 1. The largest absolute Gasteiger partial charge is 0.493 e. The lowest BCUT2D eigenvalue weighted by Gasteiger charge is -2.11. The first-order valence-corrected chi connectivity index (χ1v) is 6.10. The van der Waals surface area contributed by atoms with Gasteiger partial charge in [-0.15, -0.1) is 0 Å². The number of ether oxygens (including phenoxy) is 2. The first-order valence-electron chi connectivity index (χ1n) is 6.10. The van der Waals surface area contributed by atoms with E-state index in [1.807, 2.05) is 24.3 Å². The predicted octanol–water partition coefficient (Wildman–Crippen LogP) is 3.01. The van der Waals surface area contributed by atoms with Gasteiger partial charge in [0.2, 0.25) is 0 Å². The van der Waals surface area contributed by atoms with Crippen LogP contribution >= 0.6 is 0 Å². The molecule has 3 aromatic rings. The predicted molar refractivity (Wildman–Crippen MR) is 77.0 cm³/mol. The van der Waals surface area contributed by atoms with Gasteiger partial charge in [-0.05, 0) is 24.3 Å². The van der Waals surface area contributed by atoms with Crippen molar-refractivity contribution in [3.8, 4) is 17.2 Å². The molecule has 0 bridgehead atoms. The molecule has 0 spiro atoms. The van der Waals surface area contributed by atoms with Gasteiger partial charge in [-0.25, -0.2) is 0 Å². The molecule has 20 heavy (non-hydrogen) atoms. The normalized spacial score (nSPS) is 10.4. The van der Waals surface area contributed by atoms with Crippen molar-refractivity contribution in [1.82, 2.24) is 10.2 Å². The Morgan fingerprint density at radius 1 is 1.00 bits per heavy atom. The molecular weight excluding hydrogens is 254 g/mol. The highest BCUT2D eigenvalue weighted by molar-refractivity contribution is 5.84. The van der Waals surface area contributed by atoms with Gasteiger partial charge in [-0.3, -0.25) is 0 Å². The van der Waals surface area contributed by atoms with Crippen LogP contribution in [-0.2, 0) is 0 Å². The lowest BCUT2D eigenvalue weighted by atomic mass is 10.2. The fraction of sp³-hybridized carbons (Fsp3) is 0.0667. The molecule has 0 radical (unpaired) electrons. The number of hydrogen-bond donors (Lipinski definition) is 1. The third-order valence-corrected chi connectivity index (χ3v) is 2.92. The SMILES string of the molecule is COc1ccc(N)cc1Oc1cnnc2ccccc12. The second-order valence-electron chi connectivity index (χ2n) is 4.24. The number of nitrogens with zero attached hydrogens (tertiary/aromatic N) is 2. The third kappa shape index (κ3) is 2.21. The van der Waals surface area contributed by atoms with Crippen LogP contribution in [-0.4, -0.2) is 17.3 Å². The van der Waals surface area contributed by atoms with E-state index in [-0.39, 0.29) is 0 Å². The number of rotatable bonds is 3. The van der Waals surface area contributed by atoms with Crippen molar-refractivity contribution in [1.29, 1.82) is 0 Å². The minimum absolute atomic E-state index is 0.547. The Balaban J connectivity index is 2.07. The molecule has 1 heterocycles. The zero-order chi connectivity index (χ0) is 13.9. The molecule has 1 aromatic heterocycles. The summed E-state index contributed by atoms with van der Waals surface area (Å²) in [4.78, 5) is 0. The van der Waals surface area contributed by atoms with Gasteiger partial charge in [0.05, 0.1) is 18.8 Å². The number of nitrogen functional groups attached to an aromatic ring is 1. The minimum atomic E-state index is 0.547. The Hall–Kier alpha value is -2.82. The Morgan fingerprint density at radius 2 is 1.85 bits per heavy atom. The molecule has 100 valence electrons. The second-order valence-corrected chi connectivity index (χ2v) is 4.24.